The summed E-state index contributed by atoms with van der Waals surface area (Å²) in [5.74, 6) is 2.17. The first-order chi connectivity index (χ1) is 8.19. The monoisotopic (exact) mass is 255 g/mol. The van der Waals surface area contributed by atoms with Gasteiger partial charge in [-0.25, -0.2) is 0 Å². The smallest absolute Gasteiger partial charge is 0.139 e. The van der Waals surface area contributed by atoms with Crippen molar-refractivity contribution in [2.75, 3.05) is 27.0 Å². The number of rotatable bonds is 6. The lowest BCUT2D eigenvalue weighted by Crippen LogP contribution is -2.06. The molecule has 3 nitrogen and oxygen atoms in total. The van der Waals surface area contributed by atoms with E-state index in [0.29, 0.717) is 12.5 Å². The Bertz CT molecular complexity index is 369. The molecule has 4 heteroatoms. The van der Waals surface area contributed by atoms with Crippen LogP contribution < -0.4 is 15.2 Å². The Morgan fingerprint density at radius 1 is 1.29 bits per heavy atom. The zero-order valence-electron chi connectivity index (χ0n) is 10.9. The molecule has 1 unspecified atom stereocenters. The molecule has 0 amide bonds. The van der Waals surface area contributed by atoms with Crippen LogP contribution in [0.15, 0.2) is 17.0 Å². The molecule has 0 saturated carbocycles. The van der Waals surface area contributed by atoms with Crippen LogP contribution in [0.25, 0.3) is 0 Å². The third-order valence-corrected chi connectivity index (χ3v) is 3.66. The third kappa shape index (κ3) is 3.07. The first-order valence-electron chi connectivity index (χ1n) is 5.68. The number of hydrogen-bond acceptors (Lipinski definition) is 4. The van der Waals surface area contributed by atoms with Gasteiger partial charge in [0.05, 0.1) is 19.1 Å². The van der Waals surface area contributed by atoms with Gasteiger partial charge in [-0.1, -0.05) is 13.0 Å². The molecule has 0 aliphatic rings. The largest absolute Gasteiger partial charge is 0.495 e. The molecule has 0 saturated heterocycles. The predicted octanol–water partition coefficient (Wildman–Crippen LogP) is 2.88. The van der Waals surface area contributed by atoms with Gasteiger partial charge in [-0.2, -0.15) is 0 Å². The fraction of sp³-hybridized carbons (Fsp3) is 0.538. The minimum absolute atomic E-state index is 0.395. The summed E-state index contributed by atoms with van der Waals surface area (Å²) < 4.78 is 10.9. The number of methoxy groups -OCH3 is 2. The van der Waals surface area contributed by atoms with E-state index in [-0.39, 0.29) is 0 Å². The maximum Gasteiger partial charge on any atom is 0.139 e. The van der Waals surface area contributed by atoms with E-state index in [2.05, 4.69) is 13.0 Å². The van der Waals surface area contributed by atoms with Gasteiger partial charge in [0.2, 0.25) is 0 Å². The van der Waals surface area contributed by atoms with Gasteiger partial charge in [-0.3, -0.25) is 0 Å². The maximum absolute atomic E-state index is 5.61. The Morgan fingerprint density at radius 3 is 2.47 bits per heavy atom. The van der Waals surface area contributed by atoms with Gasteiger partial charge in [0.15, 0.2) is 0 Å². The van der Waals surface area contributed by atoms with Crippen LogP contribution in [0.4, 0.5) is 0 Å². The summed E-state index contributed by atoms with van der Waals surface area (Å²) in [4.78, 5) is 1.05. The number of nitrogens with two attached hydrogens (primary N) is 1. The quantitative estimate of drug-likeness (QED) is 0.794. The van der Waals surface area contributed by atoms with Crippen molar-refractivity contribution in [3.8, 4) is 11.5 Å². The Balaban J connectivity index is 3.22. The molecule has 0 aliphatic carbocycles. The molecule has 2 N–H and O–H groups in total. The molecule has 1 aromatic rings. The van der Waals surface area contributed by atoms with Gasteiger partial charge in [0, 0.05) is 0 Å². The summed E-state index contributed by atoms with van der Waals surface area (Å²) in [5.41, 5.74) is 6.81. The minimum atomic E-state index is 0.395. The highest BCUT2D eigenvalue weighted by Gasteiger charge is 2.17. The summed E-state index contributed by atoms with van der Waals surface area (Å²) in [6.45, 7) is 2.85. The van der Waals surface area contributed by atoms with E-state index in [9.17, 15) is 0 Å². The summed E-state index contributed by atoms with van der Waals surface area (Å²) in [7, 11) is 3.38. The number of ether oxygens (including phenoxy) is 2. The topological polar surface area (TPSA) is 44.5 Å². The first-order valence-corrected chi connectivity index (χ1v) is 6.91. The van der Waals surface area contributed by atoms with Gasteiger partial charge in [0.1, 0.15) is 11.5 Å². The highest BCUT2D eigenvalue weighted by molar-refractivity contribution is 7.98. The molecule has 1 atom stereocenters. The van der Waals surface area contributed by atoms with Crippen LogP contribution in [0.2, 0.25) is 0 Å². The highest BCUT2D eigenvalue weighted by atomic mass is 32.2. The fourth-order valence-corrected chi connectivity index (χ4v) is 2.66. The van der Waals surface area contributed by atoms with Gasteiger partial charge in [-0.05, 0) is 36.8 Å². The minimum Gasteiger partial charge on any atom is -0.495 e. The zero-order chi connectivity index (χ0) is 12.8. The van der Waals surface area contributed by atoms with Crippen LogP contribution >= 0.6 is 11.8 Å². The van der Waals surface area contributed by atoms with Crippen molar-refractivity contribution in [2.24, 2.45) is 5.73 Å². The molecule has 0 bridgehead atoms. The SMILES string of the molecule is COc1ccc(C(C)CCN)c(OC)c1SC. The molecule has 0 aliphatic heterocycles. The van der Waals surface area contributed by atoms with Gasteiger partial charge < -0.3 is 15.2 Å². The lowest BCUT2D eigenvalue weighted by molar-refractivity contribution is 0.370. The fourth-order valence-electron chi connectivity index (χ4n) is 1.92. The third-order valence-electron chi connectivity index (χ3n) is 2.87. The maximum atomic E-state index is 5.61. The molecule has 96 valence electrons. The van der Waals surface area contributed by atoms with Crippen LogP contribution in [-0.2, 0) is 0 Å². The second-order valence-electron chi connectivity index (χ2n) is 3.90. The van der Waals surface area contributed by atoms with Crippen molar-refractivity contribution in [1.29, 1.82) is 0 Å². The van der Waals surface area contributed by atoms with Gasteiger partial charge >= 0.3 is 0 Å². The number of thioether (sulfide) groups is 1. The van der Waals surface area contributed by atoms with Crippen molar-refractivity contribution in [3.05, 3.63) is 17.7 Å². The van der Waals surface area contributed by atoms with E-state index in [4.69, 9.17) is 15.2 Å². The molecule has 0 fully saturated rings. The van der Waals surface area contributed by atoms with Crippen molar-refractivity contribution in [3.63, 3.8) is 0 Å². The van der Waals surface area contributed by atoms with Crippen LogP contribution in [0.1, 0.15) is 24.8 Å². The Hall–Kier alpha value is -0.870. The Labute approximate surface area is 108 Å². The molecule has 1 rings (SSSR count). The molecule has 0 spiro atoms. The van der Waals surface area contributed by atoms with Crippen molar-refractivity contribution in [2.45, 2.75) is 24.2 Å². The highest BCUT2D eigenvalue weighted by Crippen LogP contribution is 2.42. The first kappa shape index (κ1) is 14.2. The lowest BCUT2D eigenvalue weighted by atomic mass is 9.96. The molecular formula is C13H21NO2S. The zero-order valence-corrected chi connectivity index (χ0v) is 11.8. The Morgan fingerprint density at radius 2 is 2.00 bits per heavy atom. The summed E-state index contributed by atoms with van der Waals surface area (Å²) in [5, 5.41) is 0. The molecule has 17 heavy (non-hydrogen) atoms. The van der Waals surface area contributed by atoms with E-state index in [1.54, 1.807) is 26.0 Å². The standard InChI is InChI=1S/C13H21NO2S/c1-9(7-8-14)10-5-6-11(15-2)13(17-4)12(10)16-3/h5-6,9H,7-8,14H2,1-4H3. The normalized spacial score (nSPS) is 12.3. The predicted molar refractivity (Wildman–Crippen MR) is 73.4 cm³/mol. The second-order valence-corrected chi connectivity index (χ2v) is 4.72. The van der Waals surface area contributed by atoms with Crippen LogP contribution in [0.3, 0.4) is 0 Å². The van der Waals surface area contributed by atoms with E-state index in [0.717, 1.165) is 22.8 Å². The summed E-state index contributed by atoms with van der Waals surface area (Å²) in [6.07, 6.45) is 2.98. The van der Waals surface area contributed by atoms with Crippen molar-refractivity contribution < 1.29 is 9.47 Å². The van der Waals surface area contributed by atoms with E-state index in [1.807, 2.05) is 12.3 Å². The van der Waals surface area contributed by atoms with Gasteiger partial charge in [-0.15, -0.1) is 11.8 Å². The number of benzene rings is 1. The molecule has 0 radical (unpaired) electrons. The van der Waals surface area contributed by atoms with Crippen molar-refractivity contribution in [1.82, 2.24) is 0 Å². The average molecular weight is 255 g/mol. The second kappa shape index (κ2) is 6.77. The molecule has 1 aromatic carbocycles. The van der Waals surface area contributed by atoms with E-state index < -0.39 is 0 Å². The Kier molecular flexibility index (Phi) is 5.65. The van der Waals surface area contributed by atoms with E-state index >= 15 is 0 Å². The molecule has 0 heterocycles. The van der Waals surface area contributed by atoms with Crippen LogP contribution in [0.5, 0.6) is 11.5 Å². The van der Waals surface area contributed by atoms with Crippen LogP contribution in [-0.4, -0.2) is 27.0 Å². The van der Waals surface area contributed by atoms with Crippen LogP contribution in [0, 0.1) is 0 Å². The average Bonchev–Trinajstić information content (AvgIpc) is 2.36. The molecule has 0 aromatic heterocycles. The van der Waals surface area contributed by atoms with E-state index in [1.165, 1.54) is 5.56 Å². The molecular weight excluding hydrogens is 234 g/mol. The number of hydrogen-bond donors (Lipinski definition) is 1. The summed E-state index contributed by atoms with van der Waals surface area (Å²) >= 11 is 1.64. The van der Waals surface area contributed by atoms with Crippen molar-refractivity contribution >= 4 is 11.8 Å². The summed E-state index contributed by atoms with van der Waals surface area (Å²) in [6, 6.07) is 4.06. The lowest BCUT2D eigenvalue weighted by Gasteiger charge is -2.19. The van der Waals surface area contributed by atoms with Gasteiger partial charge in [0.25, 0.3) is 0 Å².